The molecule has 0 heterocycles. The van der Waals surface area contributed by atoms with Gasteiger partial charge in [-0.05, 0) is 48.7 Å². The van der Waals surface area contributed by atoms with Crippen molar-refractivity contribution < 1.29 is 32.2 Å². The molecule has 32 heavy (non-hydrogen) atoms. The molecular weight excluding hydrogens is 434 g/mol. The summed E-state index contributed by atoms with van der Waals surface area (Å²) in [6.07, 6.45) is 2.65. The van der Waals surface area contributed by atoms with Crippen LogP contribution in [0.4, 0.5) is 0 Å². The second-order valence-corrected chi connectivity index (χ2v) is 9.31. The summed E-state index contributed by atoms with van der Waals surface area (Å²) in [6.45, 7) is 0.900. The number of hydrogen-bond donors (Lipinski definition) is 0. The first-order valence-electron chi connectivity index (χ1n) is 10.1. The number of ether oxygens (including phenoxy) is 4. The molecule has 1 amide bonds. The lowest BCUT2D eigenvalue weighted by molar-refractivity contribution is -0.129. The van der Waals surface area contributed by atoms with E-state index in [1.807, 2.05) is 12.1 Å². The summed E-state index contributed by atoms with van der Waals surface area (Å²) in [7, 11) is 3.13. The second kappa shape index (κ2) is 11.6. The molecule has 0 saturated heterocycles. The molecule has 0 aliphatic heterocycles. The summed E-state index contributed by atoms with van der Waals surface area (Å²) in [5.41, 5.74) is 0.912. The van der Waals surface area contributed by atoms with Crippen molar-refractivity contribution in [2.45, 2.75) is 24.2 Å². The van der Waals surface area contributed by atoms with Gasteiger partial charge in [0, 0.05) is 26.3 Å². The van der Waals surface area contributed by atoms with Crippen molar-refractivity contribution in [1.29, 1.82) is 0 Å². The van der Waals surface area contributed by atoms with E-state index in [0.717, 1.165) is 11.8 Å². The van der Waals surface area contributed by atoms with Crippen molar-refractivity contribution in [3.63, 3.8) is 0 Å². The Morgan fingerprint density at radius 2 is 1.66 bits per heavy atom. The van der Waals surface area contributed by atoms with Crippen molar-refractivity contribution in [3.8, 4) is 23.0 Å². The number of aryl methyl sites for hydroxylation is 1. The molecule has 176 valence electrons. The third-order valence-corrected chi connectivity index (χ3v) is 6.03. The average molecular weight is 466 g/mol. The molecule has 0 bridgehead atoms. The van der Waals surface area contributed by atoms with Crippen LogP contribution in [0.25, 0.3) is 0 Å². The molecule has 0 aliphatic rings. The van der Waals surface area contributed by atoms with Crippen molar-refractivity contribution in [2.24, 2.45) is 0 Å². The maximum absolute atomic E-state index is 12.5. The van der Waals surface area contributed by atoms with Crippen LogP contribution >= 0.6 is 0 Å². The topological polar surface area (TPSA) is 91.4 Å². The van der Waals surface area contributed by atoms with Crippen LogP contribution < -0.4 is 18.9 Å². The predicted molar refractivity (Wildman–Crippen MR) is 122 cm³/mol. The number of hydrogen-bond acceptors (Lipinski definition) is 7. The van der Waals surface area contributed by atoms with E-state index in [1.165, 1.54) is 12.1 Å². The minimum absolute atomic E-state index is 0.0119. The van der Waals surface area contributed by atoms with Crippen LogP contribution in [0.1, 0.15) is 18.4 Å². The fraction of sp³-hybridized carbons (Fsp3) is 0.435. The number of benzene rings is 2. The summed E-state index contributed by atoms with van der Waals surface area (Å²) < 4.78 is 44.9. The monoisotopic (exact) mass is 465 g/mol. The normalized spacial score (nSPS) is 11.0. The number of carbonyl (C=O) groups is 1. The summed E-state index contributed by atoms with van der Waals surface area (Å²) >= 11 is 0. The molecule has 0 saturated carbocycles. The van der Waals surface area contributed by atoms with Gasteiger partial charge >= 0.3 is 0 Å². The predicted octanol–water partition coefficient (Wildman–Crippen LogP) is 2.98. The van der Waals surface area contributed by atoms with E-state index in [4.69, 9.17) is 18.9 Å². The maximum atomic E-state index is 12.5. The number of sulfone groups is 1. The smallest absolute Gasteiger partial charge is 0.222 e. The van der Waals surface area contributed by atoms with Gasteiger partial charge in [0.1, 0.15) is 5.75 Å². The lowest BCUT2D eigenvalue weighted by atomic mass is 10.1. The van der Waals surface area contributed by atoms with Gasteiger partial charge in [0.25, 0.3) is 0 Å². The first-order valence-corrected chi connectivity index (χ1v) is 12.0. The van der Waals surface area contributed by atoms with Gasteiger partial charge in [0.2, 0.25) is 11.7 Å². The SMILES string of the molecule is COc1cc(CCC(=O)N(C)CCCOc2cccc(S(C)(=O)=O)c2)cc(OC)c1OC. The Morgan fingerprint density at radius 3 is 2.22 bits per heavy atom. The lowest BCUT2D eigenvalue weighted by Gasteiger charge is -2.18. The Balaban J connectivity index is 1.83. The van der Waals surface area contributed by atoms with Crippen molar-refractivity contribution in [2.75, 3.05) is 47.8 Å². The number of methoxy groups -OCH3 is 3. The summed E-state index contributed by atoms with van der Waals surface area (Å²) in [6, 6.07) is 10.1. The zero-order chi connectivity index (χ0) is 23.7. The fourth-order valence-corrected chi connectivity index (χ4v) is 3.79. The molecule has 0 fully saturated rings. The highest BCUT2D eigenvalue weighted by molar-refractivity contribution is 7.90. The van der Waals surface area contributed by atoms with Crippen LogP contribution in [-0.2, 0) is 21.1 Å². The Kier molecular flexibility index (Phi) is 9.19. The summed E-state index contributed by atoms with van der Waals surface area (Å²) in [4.78, 5) is 14.4. The highest BCUT2D eigenvalue weighted by Crippen LogP contribution is 2.38. The molecule has 0 aromatic heterocycles. The highest BCUT2D eigenvalue weighted by atomic mass is 32.2. The van der Waals surface area contributed by atoms with Gasteiger partial charge in [-0.1, -0.05) is 6.07 Å². The van der Waals surface area contributed by atoms with Gasteiger partial charge in [-0.3, -0.25) is 4.79 Å². The van der Waals surface area contributed by atoms with Crippen LogP contribution in [0, 0.1) is 0 Å². The molecule has 0 spiro atoms. The van der Waals surface area contributed by atoms with Gasteiger partial charge in [-0.15, -0.1) is 0 Å². The molecule has 8 nitrogen and oxygen atoms in total. The lowest BCUT2D eigenvalue weighted by Crippen LogP contribution is -2.28. The Labute approximate surface area is 190 Å². The minimum atomic E-state index is -3.28. The van der Waals surface area contributed by atoms with E-state index in [1.54, 1.807) is 45.4 Å². The molecule has 0 unspecified atom stereocenters. The largest absolute Gasteiger partial charge is 0.493 e. The van der Waals surface area contributed by atoms with E-state index in [0.29, 0.717) is 55.4 Å². The van der Waals surface area contributed by atoms with Gasteiger partial charge in [0.05, 0.1) is 32.8 Å². The van der Waals surface area contributed by atoms with Crippen LogP contribution in [-0.4, -0.2) is 67.0 Å². The Morgan fingerprint density at radius 1 is 1.00 bits per heavy atom. The number of carbonyl (C=O) groups excluding carboxylic acids is 1. The fourth-order valence-electron chi connectivity index (χ4n) is 3.13. The van der Waals surface area contributed by atoms with E-state index in [9.17, 15) is 13.2 Å². The number of nitrogens with zero attached hydrogens (tertiary/aromatic N) is 1. The molecule has 2 rings (SSSR count). The quantitative estimate of drug-likeness (QED) is 0.445. The highest BCUT2D eigenvalue weighted by Gasteiger charge is 2.15. The molecule has 0 N–H and O–H groups in total. The molecule has 2 aromatic rings. The average Bonchev–Trinajstić information content (AvgIpc) is 2.78. The molecule has 2 aromatic carbocycles. The Hall–Kier alpha value is -2.94. The molecule has 0 atom stereocenters. The molecule has 9 heteroatoms. The van der Waals surface area contributed by atoms with Crippen LogP contribution in [0.2, 0.25) is 0 Å². The zero-order valence-electron chi connectivity index (χ0n) is 19.2. The van der Waals surface area contributed by atoms with E-state index in [-0.39, 0.29) is 10.8 Å². The minimum Gasteiger partial charge on any atom is -0.493 e. The van der Waals surface area contributed by atoms with E-state index in [2.05, 4.69) is 0 Å². The third kappa shape index (κ3) is 7.05. The molecule has 0 radical (unpaired) electrons. The summed E-state index contributed by atoms with van der Waals surface area (Å²) in [5.74, 6) is 2.13. The van der Waals surface area contributed by atoms with Crippen molar-refractivity contribution in [1.82, 2.24) is 4.90 Å². The molecule has 0 aliphatic carbocycles. The Bertz CT molecular complexity index is 996. The van der Waals surface area contributed by atoms with Crippen LogP contribution in [0.5, 0.6) is 23.0 Å². The van der Waals surface area contributed by atoms with E-state index < -0.39 is 9.84 Å². The van der Waals surface area contributed by atoms with Gasteiger partial charge in [0.15, 0.2) is 21.3 Å². The third-order valence-electron chi connectivity index (χ3n) is 4.92. The molecular formula is C23H31NO7S. The zero-order valence-corrected chi connectivity index (χ0v) is 20.0. The first kappa shape index (κ1) is 25.3. The van der Waals surface area contributed by atoms with Crippen LogP contribution in [0.3, 0.4) is 0 Å². The summed E-state index contributed by atoms with van der Waals surface area (Å²) in [5, 5.41) is 0. The first-order chi connectivity index (χ1) is 15.2. The van der Waals surface area contributed by atoms with E-state index >= 15 is 0 Å². The second-order valence-electron chi connectivity index (χ2n) is 7.30. The van der Waals surface area contributed by atoms with Gasteiger partial charge in [-0.2, -0.15) is 0 Å². The van der Waals surface area contributed by atoms with Crippen molar-refractivity contribution in [3.05, 3.63) is 42.0 Å². The maximum Gasteiger partial charge on any atom is 0.222 e. The number of rotatable bonds is 12. The van der Waals surface area contributed by atoms with Crippen LogP contribution in [0.15, 0.2) is 41.3 Å². The van der Waals surface area contributed by atoms with Crippen molar-refractivity contribution >= 4 is 15.7 Å². The van der Waals surface area contributed by atoms with Gasteiger partial charge in [-0.25, -0.2) is 8.42 Å². The standard InChI is InChI=1S/C23H31NO7S/c1-24(12-7-13-31-18-8-6-9-19(16-18)32(5,26)27)22(25)11-10-17-14-20(28-2)23(30-4)21(15-17)29-3/h6,8-9,14-16H,7,10-13H2,1-5H3. The number of amides is 1. The van der Waals surface area contributed by atoms with Gasteiger partial charge < -0.3 is 23.8 Å².